The number of hydrogen-bond acceptors (Lipinski definition) is 6. The van der Waals surface area contributed by atoms with E-state index >= 15 is 0 Å². The highest BCUT2D eigenvalue weighted by molar-refractivity contribution is 7.81. The second-order valence-electron chi connectivity index (χ2n) is 9.05. The average molecular weight is 558 g/mol. The van der Waals surface area contributed by atoms with Gasteiger partial charge in [0.2, 0.25) is 5.91 Å². The van der Waals surface area contributed by atoms with Gasteiger partial charge in [-0.25, -0.2) is 4.98 Å². The Kier molecular flexibility index (Phi) is 7.65. The summed E-state index contributed by atoms with van der Waals surface area (Å²) in [6.45, 7) is 3.73. The number of carbonyl (C=O) groups excluding carboxylic acids is 1. The summed E-state index contributed by atoms with van der Waals surface area (Å²) in [5.41, 5.74) is 8.85. The molecule has 1 unspecified atom stereocenters. The van der Waals surface area contributed by atoms with Gasteiger partial charge in [-0.05, 0) is 69.3 Å². The Balaban J connectivity index is 1.44. The quantitative estimate of drug-likeness (QED) is 0.386. The third-order valence-corrected chi connectivity index (χ3v) is 7.64. The number of nitrogens with zero attached hydrogens (tertiary/aromatic N) is 2. The third-order valence-electron chi connectivity index (χ3n) is 6.55. The number of primary amides is 1. The Labute approximate surface area is 230 Å². The molecule has 0 bridgehead atoms. The number of carbonyl (C=O) groups is 1. The molecule has 2 heterocycles. The number of ether oxygens (including phenoxy) is 2. The number of allylic oxidation sites excluding steroid dienone is 2. The molecule has 3 aromatic rings. The van der Waals surface area contributed by atoms with E-state index in [0.29, 0.717) is 26.4 Å². The number of piperidine rings is 1. The standard InChI is InChI=1S/C27H26Cl2N4O3S/c1-15(19-3-2-4-23(25(19)29)36-18-7-9-31-10-8-18)35-24-13-17(12-20(26(24)37)27(30)34)33-14-32-21-6-5-16(28)11-22(21)33/h2-6,11-15,18,24,31H,7-10H2,1H3,(H2,30,34)/t15-,24?/m1/s1. The number of imidazole rings is 1. The molecule has 0 saturated carbocycles. The van der Waals surface area contributed by atoms with Gasteiger partial charge in [-0.3, -0.25) is 9.36 Å². The molecule has 37 heavy (non-hydrogen) atoms. The second-order valence-corrected chi connectivity index (χ2v) is 10.3. The Morgan fingerprint density at radius 3 is 2.78 bits per heavy atom. The molecule has 3 N–H and O–H groups in total. The van der Waals surface area contributed by atoms with Crippen LogP contribution in [0.1, 0.15) is 31.4 Å². The minimum absolute atomic E-state index is 0.114. The summed E-state index contributed by atoms with van der Waals surface area (Å²) in [7, 11) is 0. The van der Waals surface area contributed by atoms with Crippen LogP contribution in [-0.2, 0) is 9.53 Å². The number of nitrogens with two attached hydrogens (primary N) is 1. The highest BCUT2D eigenvalue weighted by Gasteiger charge is 2.29. The minimum atomic E-state index is -0.700. The van der Waals surface area contributed by atoms with Crippen molar-refractivity contribution in [3.8, 4) is 5.75 Å². The van der Waals surface area contributed by atoms with Crippen LogP contribution >= 0.6 is 35.4 Å². The molecule has 2 aliphatic rings. The monoisotopic (exact) mass is 556 g/mol. The second kappa shape index (κ2) is 10.9. The average Bonchev–Trinajstić information content (AvgIpc) is 3.30. The predicted octanol–water partition coefficient (Wildman–Crippen LogP) is 5.26. The molecule has 1 amide bonds. The van der Waals surface area contributed by atoms with E-state index in [9.17, 15) is 4.79 Å². The van der Waals surface area contributed by atoms with E-state index in [1.54, 1.807) is 18.5 Å². The van der Waals surface area contributed by atoms with E-state index in [1.807, 2.05) is 47.9 Å². The maximum absolute atomic E-state index is 12.3. The molecule has 1 aliphatic heterocycles. The number of amides is 1. The normalized spacial score (nSPS) is 19.4. The van der Waals surface area contributed by atoms with Crippen molar-refractivity contribution in [1.29, 1.82) is 0 Å². The maximum Gasteiger partial charge on any atom is 0.250 e. The van der Waals surface area contributed by atoms with Crippen LogP contribution in [0.25, 0.3) is 16.7 Å². The number of aromatic nitrogens is 2. The zero-order valence-corrected chi connectivity index (χ0v) is 22.4. The van der Waals surface area contributed by atoms with Gasteiger partial charge >= 0.3 is 0 Å². The van der Waals surface area contributed by atoms with Crippen molar-refractivity contribution < 1.29 is 14.3 Å². The molecule has 1 aliphatic carbocycles. The number of hydrogen-bond donors (Lipinski definition) is 2. The first-order valence-electron chi connectivity index (χ1n) is 12.0. The fourth-order valence-corrected chi connectivity index (χ4v) is 5.37. The van der Waals surface area contributed by atoms with Crippen molar-refractivity contribution in [3.05, 3.63) is 76.1 Å². The zero-order chi connectivity index (χ0) is 26.1. The van der Waals surface area contributed by atoms with Crippen LogP contribution in [0.3, 0.4) is 0 Å². The van der Waals surface area contributed by atoms with E-state index in [4.69, 9.17) is 50.6 Å². The molecule has 2 aromatic carbocycles. The Hall–Kier alpha value is -2.75. The molecule has 192 valence electrons. The summed E-state index contributed by atoms with van der Waals surface area (Å²) < 4.78 is 14.4. The lowest BCUT2D eigenvalue weighted by atomic mass is 9.98. The van der Waals surface area contributed by atoms with Gasteiger partial charge in [0.25, 0.3) is 0 Å². The molecular formula is C27H26Cl2N4O3S. The number of nitrogens with one attached hydrogen (secondary N) is 1. The van der Waals surface area contributed by atoms with Crippen LogP contribution in [0.4, 0.5) is 0 Å². The van der Waals surface area contributed by atoms with E-state index in [-0.39, 0.29) is 11.7 Å². The first-order chi connectivity index (χ1) is 17.8. The lowest BCUT2D eigenvalue weighted by Gasteiger charge is -2.27. The van der Waals surface area contributed by atoms with E-state index in [0.717, 1.165) is 42.5 Å². The highest BCUT2D eigenvalue weighted by atomic mass is 35.5. The molecule has 1 fully saturated rings. The Bertz CT molecular complexity index is 1430. The molecular weight excluding hydrogens is 531 g/mol. The van der Waals surface area contributed by atoms with Crippen molar-refractivity contribution in [2.24, 2.45) is 5.73 Å². The molecule has 1 saturated heterocycles. The van der Waals surface area contributed by atoms with Gasteiger partial charge in [0.1, 0.15) is 24.3 Å². The fraction of sp³-hybridized carbons (Fsp3) is 0.296. The molecule has 7 nitrogen and oxygen atoms in total. The van der Waals surface area contributed by atoms with Crippen molar-refractivity contribution in [2.45, 2.75) is 38.1 Å². The summed E-state index contributed by atoms with van der Waals surface area (Å²) in [6, 6.07) is 11.1. The van der Waals surface area contributed by atoms with Gasteiger partial charge in [0.15, 0.2) is 0 Å². The molecule has 0 radical (unpaired) electrons. The van der Waals surface area contributed by atoms with Gasteiger partial charge < -0.3 is 20.5 Å². The molecule has 10 heteroatoms. The van der Waals surface area contributed by atoms with Crippen LogP contribution in [0.2, 0.25) is 10.0 Å². The summed E-state index contributed by atoms with van der Waals surface area (Å²) in [5.74, 6) is -0.00170. The Morgan fingerprint density at radius 2 is 2.03 bits per heavy atom. The van der Waals surface area contributed by atoms with Gasteiger partial charge in [-0.2, -0.15) is 0 Å². The Morgan fingerprint density at radius 1 is 1.24 bits per heavy atom. The summed E-state index contributed by atoms with van der Waals surface area (Å²) in [6.07, 6.45) is 5.96. The number of halogens is 2. The van der Waals surface area contributed by atoms with Crippen molar-refractivity contribution in [2.75, 3.05) is 13.1 Å². The van der Waals surface area contributed by atoms with Crippen molar-refractivity contribution in [3.63, 3.8) is 0 Å². The fourth-order valence-electron chi connectivity index (χ4n) is 4.60. The van der Waals surface area contributed by atoms with Crippen LogP contribution < -0.4 is 15.8 Å². The minimum Gasteiger partial charge on any atom is -0.489 e. The van der Waals surface area contributed by atoms with E-state index < -0.39 is 18.1 Å². The van der Waals surface area contributed by atoms with Gasteiger partial charge in [0.05, 0.1) is 32.6 Å². The van der Waals surface area contributed by atoms with Crippen LogP contribution in [0.5, 0.6) is 5.75 Å². The first kappa shape index (κ1) is 25.9. The molecule has 2 atom stereocenters. The number of thiocarbonyl (C=S) groups is 1. The van der Waals surface area contributed by atoms with Crippen LogP contribution in [0, 0.1) is 0 Å². The molecule has 5 rings (SSSR count). The summed E-state index contributed by atoms with van der Waals surface area (Å²) in [4.78, 5) is 17.0. The van der Waals surface area contributed by atoms with Gasteiger partial charge in [-0.15, -0.1) is 0 Å². The lowest BCUT2D eigenvalue weighted by Crippen LogP contribution is -2.34. The number of rotatable bonds is 7. The van der Waals surface area contributed by atoms with E-state index in [1.165, 1.54) is 0 Å². The number of benzene rings is 2. The maximum atomic E-state index is 12.3. The largest absolute Gasteiger partial charge is 0.489 e. The van der Waals surface area contributed by atoms with Crippen LogP contribution in [-0.4, -0.2) is 45.6 Å². The smallest absolute Gasteiger partial charge is 0.250 e. The summed E-state index contributed by atoms with van der Waals surface area (Å²) >= 11 is 18.6. The number of fused-ring (bicyclic) bond motifs is 1. The van der Waals surface area contributed by atoms with Gasteiger partial charge in [-0.1, -0.05) is 47.6 Å². The van der Waals surface area contributed by atoms with E-state index in [2.05, 4.69) is 10.3 Å². The lowest BCUT2D eigenvalue weighted by molar-refractivity contribution is -0.114. The summed E-state index contributed by atoms with van der Waals surface area (Å²) in [5, 5.41) is 4.40. The predicted molar refractivity (Wildman–Crippen MR) is 150 cm³/mol. The first-order valence-corrected chi connectivity index (χ1v) is 13.2. The third kappa shape index (κ3) is 5.44. The molecule has 0 spiro atoms. The highest BCUT2D eigenvalue weighted by Crippen LogP contribution is 2.36. The SMILES string of the molecule is C[C@@H](OC1C=C(n2cnc3ccc(Cl)cc32)C=C(C(N)=O)C1=S)c1cccc(OC2CCNCC2)c1Cl. The van der Waals surface area contributed by atoms with Gasteiger partial charge in [0, 0.05) is 16.3 Å². The topological polar surface area (TPSA) is 91.4 Å². The van der Waals surface area contributed by atoms with Crippen molar-refractivity contribution in [1.82, 2.24) is 14.9 Å². The van der Waals surface area contributed by atoms with Crippen molar-refractivity contribution >= 4 is 62.9 Å². The van der Waals surface area contributed by atoms with Crippen LogP contribution in [0.15, 0.2) is 60.5 Å². The molecule has 1 aromatic heterocycles. The zero-order valence-electron chi connectivity index (χ0n) is 20.1.